The number of primary amides is 1. The van der Waals surface area contributed by atoms with Crippen molar-refractivity contribution in [2.75, 3.05) is 6.54 Å². The van der Waals surface area contributed by atoms with E-state index in [1.54, 1.807) is 6.07 Å². The number of benzene rings is 2. The molecule has 0 spiro atoms. The number of halogens is 2. The minimum Gasteiger partial charge on any atom is -0.364 e. The number of nitrogens with zero attached hydrogens (tertiary/aromatic N) is 6. The smallest absolute Gasteiger partial charge is 0.269 e. The van der Waals surface area contributed by atoms with Gasteiger partial charge in [-0.3, -0.25) is 23.9 Å². The minimum absolute atomic E-state index is 0.0293. The number of aromatic nitrogens is 2. The summed E-state index contributed by atoms with van der Waals surface area (Å²) in [5, 5.41) is 10.0. The lowest BCUT2D eigenvalue weighted by Crippen LogP contribution is -2.43. The molecule has 1 fully saturated rings. The normalized spacial score (nSPS) is 12.6. The fraction of sp³-hybridized carbons (Fsp3) is 0.261. The molecule has 0 radical (unpaired) electrons. The van der Waals surface area contributed by atoms with Crippen LogP contribution in [-0.2, 0) is 22.7 Å². The fourth-order valence-electron chi connectivity index (χ4n) is 3.82. The van der Waals surface area contributed by atoms with Crippen molar-refractivity contribution in [1.82, 2.24) is 20.0 Å². The molecule has 1 heterocycles. The van der Waals surface area contributed by atoms with Crippen LogP contribution >= 0.6 is 11.6 Å². The molecule has 4 rings (SSSR count). The summed E-state index contributed by atoms with van der Waals surface area (Å²) in [4.78, 5) is 53.5. The molecule has 12 nitrogen and oxygen atoms in total. The Balaban J connectivity index is 1.53. The average Bonchev–Trinajstić information content (AvgIpc) is 3.64. The second-order valence-corrected chi connectivity index (χ2v) is 8.75. The van der Waals surface area contributed by atoms with Crippen LogP contribution in [0.5, 0.6) is 0 Å². The molecule has 0 aliphatic heterocycles. The molecule has 1 aromatic heterocycles. The van der Waals surface area contributed by atoms with E-state index in [0.717, 1.165) is 0 Å². The molecule has 37 heavy (non-hydrogen) atoms. The van der Waals surface area contributed by atoms with E-state index in [9.17, 15) is 23.6 Å². The van der Waals surface area contributed by atoms with Gasteiger partial charge in [0.25, 0.3) is 5.91 Å². The van der Waals surface area contributed by atoms with Crippen LogP contribution in [0.2, 0.25) is 5.02 Å². The molecule has 0 bridgehead atoms. The van der Waals surface area contributed by atoms with Crippen molar-refractivity contribution in [2.24, 2.45) is 10.8 Å². The van der Waals surface area contributed by atoms with E-state index in [0.29, 0.717) is 18.2 Å². The third-order valence-corrected chi connectivity index (χ3v) is 6.07. The van der Waals surface area contributed by atoms with E-state index in [4.69, 9.17) is 22.9 Å². The number of carbonyl (C=O) groups excluding carboxylic acids is 4. The Morgan fingerprint density at radius 1 is 1.27 bits per heavy atom. The fourth-order valence-corrected chi connectivity index (χ4v) is 4.02. The second-order valence-electron chi connectivity index (χ2n) is 8.34. The first kappa shape index (κ1) is 25.6. The summed E-state index contributed by atoms with van der Waals surface area (Å²) < 4.78 is 15.3. The Kier molecular flexibility index (Phi) is 7.37. The molecule has 14 heteroatoms. The number of nitrogens with two attached hydrogens (primary N) is 1. The lowest BCUT2D eigenvalue weighted by atomic mass is 10.1. The number of hydrogen-bond acceptors (Lipinski definition) is 5. The third-order valence-electron chi connectivity index (χ3n) is 5.78. The molecule has 1 aliphatic carbocycles. The van der Waals surface area contributed by atoms with Gasteiger partial charge in [-0.1, -0.05) is 29.8 Å². The van der Waals surface area contributed by atoms with Crippen molar-refractivity contribution in [1.29, 1.82) is 0 Å². The molecule has 0 saturated heterocycles. The zero-order chi connectivity index (χ0) is 26.7. The van der Waals surface area contributed by atoms with Gasteiger partial charge in [-0.2, -0.15) is 5.10 Å². The molecule has 0 unspecified atom stereocenters. The quantitative estimate of drug-likeness (QED) is 0.247. The highest BCUT2D eigenvalue weighted by molar-refractivity contribution is 6.30. The van der Waals surface area contributed by atoms with Crippen LogP contribution in [0.25, 0.3) is 21.3 Å². The Labute approximate surface area is 213 Å². The third kappa shape index (κ3) is 5.68. The molecule has 3 N–H and O–H groups in total. The lowest BCUT2D eigenvalue weighted by molar-refractivity contribution is -0.137. The highest BCUT2D eigenvalue weighted by Gasteiger charge is 2.34. The number of rotatable bonds is 9. The van der Waals surface area contributed by atoms with Gasteiger partial charge in [-0.05, 0) is 41.7 Å². The maximum absolute atomic E-state index is 14.1. The van der Waals surface area contributed by atoms with Crippen molar-refractivity contribution < 1.29 is 23.6 Å². The highest BCUT2D eigenvalue weighted by Crippen LogP contribution is 2.28. The van der Waals surface area contributed by atoms with Crippen LogP contribution in [0.15, 0.2) is 41.5 Å². The summed E-state index contributed by atoms with van der Waals surface area (Å²) in [5.41, 5.74) is 14.3. The van der Waals surface area contributed by atoms with Crippen LogP contribution in [-0.4, -0.2) is 50.9 Å². The van der Waals surface area contributed by atoms with Crippen molar-refractivity contribution >= 4 is 46.1 Å². The monoisotopic (exact) mass is 526 g/mol. The SMILES string of the molecule is [N-]=[N+]=NC(=O)c1ccc2c(C(N)=O)nn(CC(=O)N(CC(=O)NCc3cccc(Cl)c3F)C3CC3)c2c1. The number of fused-ring (bicyclic) bond motifs is 1. The largest absolute Gasteiger partial charge is 0.364 e. The van der Waals surface area contributed by atoms with Crippen LogP contribution in [0.4, 0.5) is 4.39 Å². The van der Waals surface area contributed by atoms with E-state index in [2.05, 4.69) is 20.4 Å². The standard InChI is InChI=1S/C23H20ClFN8O4/c24-16-3-1-2-13(20(16)25)9-28-18(34)10-32(14-5-6-14)19(35)11-33-17-8-12(23(37)29-31-27)4-7-15(17)21(30-33)22(26)36/h1-4,7-8,14H,5-6,9-11H2,(H2,26,36)(H,28,34). The highest BCUT2D eigenvalue weighted by atomic mass is 35.5. The molecular weight excluding hydrogens is 507 g/mol. The predicted molar refractivity (Wildman–Crippen MR) is 130 cm³/mol. The molecule has 4 amide bonds. The van der Waals surface area contributed by atoms with Crippen LogP contribution < -0.4 is 11.1 Å². The zero-order valence-corrected chi connectivity index (χ0v) is 20.0. The van der Waals surface area contributed by atoms with Crippen molar-refractivity contribution in [2.45, 2.75) is 32.0 Å². The van der Waals surface area contributed by atoms with E-state index in [-0.39, 0.29) is 53.0 Å². The Morgan fingerprint density at radius 3 is 2.70 bits per heavy atom. The van der Waals surface area contributed by atoms with Gasteiger partial charge in [0.1, 0.15) is 12.4 Å². The number of nitrogens with one attached hydrogen (secondary N) is 1. The van der Waals surface area contributed by atoms with Gasteiger partial charge in [0.05, 0.1) is 17.1 Å². The van der Waals surface area contributed by atoms with Gasteiger partial charge in [0.2, 0.25) is 17.7 Å². The van der Waals surface area contributed by atoms with E-state index >= 15 is 0 Å². The first-order valence-corrected chi connectivity index (χ1v) is 11.5. The minimum atomic E-state index is -0.850. The van der Waals surface area contributed by atoms with Gasteiger partial charge in [0, 0.05) is 34.0 Å². The number of carbonyl (C=O) groups is 4. The van der Waals surface area contributed by atoms with Crippen LogP contribution in [0.1, 0.15) is 39.3 Å². The first-order valence-electron chi connectivity index (χ1n) is 11.1. The Bertz CT molecular complexity index is 1480. The Morgan fingerprint density at radius 2 is 2.03 bits per heavy atom. The van der Waals surface area contributed by atoms with Gasteiger partial charge < -0.3 is 16.0 Å². The van der Waals surface area contributed by atoms with Crippen molar-refractivity contribution in [3.8, 4) is 0 Å². The number of amides is 4. The van der Waals surface area contributed by atoms with E-state index in [1.165, 1.54) is 39.9 Å². The van der Waals surface area contributed by atoms with Crippen LogP contribution in [0, 0.1) is 5.82 Å². The summed E-state index contributed by atoms with van der Waals surface area (Å²) in [5.74, 6) is -3.27. The van der Waals surface area contributed by atoms with Crippen molar-refractivity contribution in [3.05, 3.63) is 74.5 Å². The van der Waals surface area contributed by atoms with Gasteiger partial charge in [0.15, 0.2) is 5.69 Å². The summed E-state index contributed by atoms with van der Waals surface area (Å²) in [6.07, 6.45) is 1.41. The zero-order valence-electron chi connectivity index (χ0n) is 19.2. The molecule has 0 atom stereocenters. The molecule has 2 aromatic carbocycles. The predicted octanol–water partition coefficient (Wildman–Crippen LogP) is 2.69. The molecule has 3 aromatic rings. The summed E-state index contributed by atoms with van der Waals surface area (Å²) in [7, 11) is 0. The lowest BCUT2D eigenvalue weighted by Gasteiger charge is -2.22. The van der Waals surface area contributed by atoms with E-state index < -0.39 is 29.4 Å². The molecule has 190 valence electrons. The summed E-state index contributed by atoms with van der Waals surface area (Å²) in [6, 6.07) is 8.41. The second kappa shape index (κ2) is 10.6. The first-order chi connectivity index (χ1) is 17.7. The average molecular weight is 527 g/mol. The van der Waals surface area contributed by atoms with E-state index in [1.807, 2.05) is 0 Å². The molecule has 1 saturated carbocycles. The van der Waals surface area contributed by atoms with Gasteiger partial charge in [-0.15, -0.1) is 0 Å². The van der Waals surface area contributed by atoms with Crippen molar-refractivity contribution in [3.63, 3.8) is 0 Å². The van der Waals surface area contributed by atoms with Crippen LogP contribution in [0.3, 0.4) is 0 Å². The molecule has 1 aliphatic rings. The summed E-state index contributed by atoms with van der Waals surface area (Å²) in [6.45, 7) is -0.727. The topological polar surface area (TPSA) is 176 Å². The number of hydrogen-bond donors (Lipinski definition) is 2. The molecular formula is C23H20ClFN8O4. The summed E-state index contributed by atoms with van der Waals surface area (Å²) >= 11 is 5.77. The maximum Gasteiger partial charge on any atom is 0.269 e. The van der Waals surface area contributed by atoms with Gasteiger partial charge in [-0.25, -0.2) is 4.39 Å². The maximum atomic E-state index is 14.1. The number of azide groups is 1. The van der Waals surface area contributed by atoms with Gasteiger partial charge >= 0.3 is 0 Å². The Hall–Kier alpha value is -4.48.